The minimum atomic E-state index is -1.43. The molecule has 0 spiro atoms. The van der Waals surface area contributed by atoms with E-state index >= 15 is 0 Å². The zero-order chi connectivity index (χ0) is 13.1. The fourth-order valence-electron chi connectivity index (χ4n) is 1.80. The molecule has 0 amide bonds. The summed E-state index contributed by atoms with van der Waals surface area (Å²) in [5, 5.41) is 37.9. The molecule has 5 atom stereocenters. The first kappa shape index (κ1) is 13.3. The molecule has 1 aromatic rings. The molecule has 1 fully saturated rings. The van der Waals surface area contributed by atoms with Crippen LogP contribution in [0.5, 0.6) is 5.75 Å². The molecule has 6 nitrogen and oxygen atoms in total. The molecule has 1 aliphatic heterocycles. The van der Waals surface area contributed by atoms with E-state index in [-0.39, 0.29) is 0 Å². The second-order valence-corrected chi connectivity index (χ2v) is 4.13. The monoisotopic (exact) mass is 256 g/mol. The second-order valence-electron chi connectivity index (χ2n) is 4.13. The number of hydrogen-bond acceptors (Lipinski definition) is 6. The lowest BCUT2D eigenvalue weighted by molar-refractivity contribution is -0.277. The maximum absolute atomic E-state index is 9.74. The van der Waals surface area contributed by atoms with E-state index in [1.165, 1.54) is 0 Å². The van der Waals surface area contributed by atoms with Gasteiger partial charge in [0.1, 0.15) is 30.2 Å². The van der Waals surface area contributed by atoms with Crippen LogP contribution >= 0.6 is 0 Å². The molecule has 4 N–H and O–H groups in total. The fraction of sp³-hybridized carbons (Fsp3) is 0.500. The van der Waals surface area contributed by atoms with Gasteiger partial charge in [0.15, 0.2) is 0 Å². The highest BCUT2D eigenvalue weighted by Gasteiger charge is 2.44. The SMILES string of the molecule is OCC1O[C@H](Oc2ccccc2)[C@H](O)[C@H](O)[C@H]1O. The van der Waals surface area contributed by atoms with Crippen LogP contribution in [-0.2, 0) is 4.74 Å². The van der Waals surface area contributed by atoms with Gasteiger partial charge < -0.3 is 29.9 Å². The molecule has 1 heterocycles. The third-order valence-corrected chi connectivity index (χ3v) is 2.84. The van der Waals surface area contributed by atoms with Crippen LogP contribution in [0.1, 0.15) is 0 Å². The van der Waals surface area contributed by atoms with Crippen molar-refractivity contribution in [2.24, 2.45) is 0 Å². The predicted molar refractivity (Wildman–Crippen MR) is 60.8 cm³/mol. The van der Waals surface area contributed by atoms with Crippen molar-refractivity contribution in [1.29, 1.82) is 0 Å². The van der Waals surface area contributed by atoms with Crippen LogP contribution in [0.4, 0.5) is 0 Å². The summed E-state index contributed by atoms with van der Waals surface area (Å²) in [6.07, 6.45) is -6.28. The van der Waals surface area contributed by atoms with Crippen molar-refractivity contribution in [3.05, 3.63) is 30.3 Å². The Morgan fingerprint density at radius 3 is 2.28 bits per heavy atom. The average molecular weight is 256 g/mol. The molecule has 0 aromatic heterocycles. The summed E-state index contributed by atoms with van der Waals surface area (Å²) >= 11 is 0. The van der Waals surface area contributed by atoms with Crippen molar-refractivity contribution in [1.82, 2.24) is 0 Å². The highest BCUT2D eigenvalue weighted by atomic mass is 16.7. The van der Waals surface area contributed by atoms with E-state index in [9.17, 15) is 15.3 Å². The standard InChI is InChI=1S/C12H16O6/c13-6-8-9(14)10(15)11(16)12(18-8)17-7-4-2-1-3-5-7/h1-5,8-16H,6H2/t8?,9-,10+,11+,12-/m0/s1. The van der Waals surface area contributed by atoms with Gasteiger partial charge >= 0.3 is 0 Å². The number of aliphatic hydroxyl groups excluding tert-OH is 4. The largest absolute Gasteiger partial charge is 0.462 e. The predicted octanol–water partition coefficient (Wildman–Crippen LogP) is -1.13. The van der Waals surface area contributed by atoms with E-state index in [1.807, 2.05) is 0 Å². The molecular formula is C12H16O6. The van der Waals surface area contributed by atoms with Crippen LogP contribution in [0.25, 0.3) is 0 Å². The van der Waals surface area contributed by atoms with Crippen molar-refractivity contribution < 1.29 is 29.9 Å². The number of ether oxygens (including phenoxy) is 2. The minimum absolute atomic E-state index is 0.460. The van der Waals surface area contributed by atoms with Crippen molar-refractivity contribution in [2.45, 2.75) is 30.7 Å². The maximum Gasteiger partial charge on any atom is 0.229 e. The zero-order valence-electron chi connectivity index (χ0n) is 9.59. The number of rotatable bonds is 3. The average Bonchev–Trinajstić information content (AvgIpc) is 2.40. The van der Waals surface area contributed by atoms with Crippen molar-refractivity contribution in [3.8, 4) is 5.75 Å². The molecule has 1 unspecified atom stereocenters. The van der Waals surface area contributed by atoms with Gasteiger partial charge in [-0.25, -0.2) is 0 Å². The second kappa shape index (κ2) is 5.64. The van der Waals surface area contributed by atoms with Gasteiger partial charge in [-0.1, -0.05) is 18.2 Å². The van der Waals surface area contributed by atoms with E-state index in [4.69, 9.17) is 14.6 Å². The molecule has 0 radical (unpaired) electrons. The Morgan fingerprint density at radius 1 is 1.00 bits per heavy atom. The first-order chi connectivity index (χ1) is 8.63. The van der Waals surface area contributed by atoms with Gasteiger partial charge in [-0.15, -0.1) is 0 Å². The van der Waals surface area contributed by atoms with Crippen LogP contribution in [0.2, 0.25) is 0 Å². The third-order valence-electron chi connectivity index (χ3n) is 2.84. The zero-order valence-corrected chi connectivity index (χ0v) is 9.59. The van der Waals surface area contributed by atoms with Gasteiger partial charge in [0.05, 0.1) is 6.61 Å². The lowest BCUT2D eigenvalue weighted by Gasteiger charge is -2.39. The summed E-state index contributed by atoms with van der Waals surface area (Å²) in [6, 6.07) is 8.64. The van der Waals surface area contributed by atoms with Crippen LogP contribution in [-0.4, -0.2) is 57.7 Å². The van der Waals surface area contributed by atoms with Crippen molar-refractivity contribution in [2.75, 3.05) is 6.61 Å². The van der Waals surface area contributed by atoms with Crippen LogP contribution < -0.4 is 4.74 Å². The number of hydrogen-bond donors (Lipinski definition) is 4. The topological polar surface area (TPSA) is 99.4 Å². The lowest BCUT2D eigenvalue weighted by atomic mass is 9.99. The van der Waals surface area contributed by atoms with Crippen molar-refractivity contribution >= 4 is 0 Å². The summed E-state index contributed by atoms with van der Waals surface area (Å²) in [5.74, 6) is 0.460. The van der Waals surface area contributed by atoms with E-state index < -0.39 is 37.3 Å². The Labute approximate surface area is 104 Å². The Bertz CT molecular complexity index is 368. The normalized spacial score (nSPS) is 36.3. The molecule has 0 aliphatic carbocycles. The number of benzene rings is 1. The number of aliphatic hydroxyl groups is 4. The third kappa shape index (κ3) is 2.63. The van der Waals surface area contributed by atoms with Gasteiger partial charge in [0.25, 0.3) is 0 Å². The molecular weight excluding hydrogens is 240 g/mol. The molecule has 2 rings (SSSR count). The van der Waals surface area contributed by atoms with Crippen LogP contribution in [0.15, 0.2) is 30.3 Å². The molecule has 6 heteroatoms. The maximum atomic E-state index is 9.74. The first-order valence-corrected chi connectivity index (χ1v) is 5.65. The molecule has 18 heavy (non-hydrogen) atoms. The highest BCUT2D eigenvalue weighted by molar-refractivity contribution is 5.21. The lowest BCUT2D eigenvalue weighted by Crippen LogP contribution is -2.60. The van der Waals surface area contributed by atoms with E-state index in [2.05, 4.69) is 0 Å². The number of para-hydroxylation sites is 1. The van der Waals surface area contributed by atoms with E-state index in [0.29, 0.717) is 5.75 Å². The first-order valence-electron chi connectivity index (χ1n) is 5.65. The molecule has 0 bridgehead atoms. The van der Waals surface area contributed by atoms with Crippen molar-refractivity contribution in [3.63, 3.8) is 0 Å². The summed E-state index contributed by atoms with van der Waals surface area (Å²) < 4.78 is 10.6. The summed E-state index contributed by atoms with van der Waals surface area (Å²) in [4.78, 5) is 0. The van der Waals surface area contributed by atoms with Gasteiger partial charge in [-0.3, -0.25) is 0 Å². The Morgan fingerprint density at radius 2 is 1.67 bits per heavy atom. The summed E-state index contributed by atoms with van der Waals surface area (Å²) in [7, 11) is 0. The summed E-state index contributed by atoms with van der Waals surface area (Å²) in [6.45, 7) is -0.473. The summed E-state index contributed by atoms with van der Waals surface area (Å²) in [5.41, 5.74) is 0. The Balaban J connectivity index is 2.08. The molecule has 0 saturated carbocycles. The molecule has 1 aliphatic rings. The molecule has 100 valence electrons. The fourth-order valence-corrected chi connectivity index (χ4v) is 1.80. The molecule has 1 aromatic carbocycles. The highest BCUT2D eigenvalue weighted by Crippen LogP contribution is 2.23. The van der Waals surface area contributed by atoms with E-state index in [0.717, 1.165) is 0 Å². The molecule has 1 saturated heterocycles. The Kier molecular flexibility index (Phi) is 4.15. The minimum Gasteiger partial charge on any atom is -0.462 e. The van der Waals surface area contributed by atoms with Gasteiger partial charge in [0, 0.05) is 0 Å². The van der Waals surface area contributed by atoms with Crippen LogP contribution in [0.3, 0.4) is 0 Å². The quantitative estimate of drug-likeness (QED) is 0.546. The Hall–Kier alpha value is -1.18. The van der Waals surface area contributed by atoms with Crippen LogP contribution in [0, 0.1) is 0 Å². The van der Waals surface area contributed by atoms with Gasteiger partial charge in [-0.2, -0.15) is 0 Å². The van der Waals surface area contributed by atoms with Gasteiger partial charge in [-0.05, 0) is 12.1 Å². The van der Waals surface area contributed by atoms with Gasteiger partial charge in [0.2, 0.25) is 6.29 Å². The van der Waals surface area contributed by atoms with E-state index in [1.54, 1.807) is 30.3 Å². The smallest absolute Gasteiger partial charge is 0.229 e.